The van der Waals surface area contributed by atoms with Gasteiger partial charge in [0, 0.05) is 5.56 Å². The summed E-state index contributed by atoms with van der Waals surface area (Å²) in [7, 11) is 0. The number of ketones is 2. The van der Waals surface area contributed by atoms with Gasteiger partial charge in [-0.15, -0.1) is 0 Å². The maximum absolute atomic E-state index is 11.9. The fourth-order valence-corrected chi connectivity index (χ4v) is 1.87. The molecule has 0 fully saturated rings. The van der Waals surface area contributed by atoms with Crippen LogP contribution in [0.15, 0.2) is 48.5 Å². The van der Waals surface area contributed by atoms with Crippen molar-refractivity contribution >= 4 is 11.6 Å². The summed E-state index contributed by atoms with van der Waals surface area (Å²) in [5.41, 5.74) is 2.77. The van der Waals surface area contributed by atoms with Crippen molar-refractivity contribution in [3.8, 4) is 5.75 Å². The van der Waals surface area contributed by atoms with E-state index >= 15 is 0 Å². The van der Waals surface area contributed by atoms with Gasteiger partial charge in [-0.2, -0.15) is 0 Å². The van der Waals surface area contributed by atoms with E-state index in [1.165, 1.54) is 0 Å². The lowest BCUT2D eigenvalue weighted by atomic mass is 10.0. The van der Waals surface area contributed by atoms with Crippen LogP contribution in [0.3, 0.4) is 0 Å². The first-order valence-electron chi connectivity index (χ1n) is 6.85. The van der Waals surface area contributed by atoms with Gasteiger partial charge >= 0.3 is 0 Å². The summed E-state index contributed by atoms with van der Waals surface area (Å²) >= 11 is 0. The van der Waals surface area contributed by atoms with Crippen LogP contribution in [0, 0.1) is 13.8 Å². The zero-order chi connectivity index (χ0) is 15.2. The van der Waals surface area contributed by atoms with Gasteiger partial charge in [-0.3, -0.25) is 9.59 Å². The van der Waals surface area contributed by atoms with Gasteiger partial charge in [-0.05, 0) is 26.0 Å². The SMILES string of the molecule is Cc1ccc(OCC(=O)CC(=O)c2ccc(C)cc2)cc1. The number of carbonyl (C=O) groups excluding carboxylic acids is 2. The third-order valence-corrected chi connectivity index (χ3v) is 3.15. The Hall–Kier alpha value is -2.42. The first-order valence-corrected chi connectivity index (χ1v) is 6.85. The van der Waals surface area contributed by atoms with E-state index in [2.05, 4.69) is 0 Å². The minimum atomic E-state index is -0.221. The predicted molar refractivity (Wildman–Crippen MR) is 81.8 cm³/mol. The quantitative estimate of drug-likeness (QED) is 0.601. The summed E-state index contributed by atoms with van der Waals surface area (Å²) in [6.07, 6.45) is -0.130. The molecule has 0 aliphatic carbocycles. The molecule has 0 spiro atoms. The Labute approximate surface area is 124 Å². The number of hydrogen-bond donors (Lipinski definition) is 0. The molecule has 2 aromatic carbocycles. The molecule has 0 unspecified atom stereocenters. The van der Waals surface area contributed by atoms with Crippen LogP contribution in [0.4, 0.5) is 0 Å². The molecule has 3 heteroatoms. The van der Waals surface area contributed by atoms with Crippen LogP contribution in [0.1, 0.15) is 27.9 Å². The highest BCUT2D eigenvalue weighted by Gasteiger charge is 2.12. The third-order valence-electron chi connectivity index (χ3n) is 3.15. The van der Waals surface area contributed by atoms with Gasteiger partial charge in [0.15, 0.2) is 11.6 Å². The largest absolute Gasteiger partial charge is 0.486 e. The van der Waals surface area contributed by atoms with Crippen LogP contribution < -0.4 is 4.74 Å². The predicted octanol–water partition coefficient (Wildman–Crippen LogP) is 3.52. The summed E-state index contributed by atoms with van der Waals surface area (Å²) in [4.78, 5) is 23.7. The minimum Gasteiger partial charge on any atom is -0.486 e. The maximum Gasteiger partial charge on any atom is 0.177 e. The molecule has 0 saturated carbocycles. The molecular weight excluding hydrogens is 264 g/mol. The van der Waals surface area contributed by atoms with Gasteiger partial charge in [-0.25, -0.2) is 0 Å². The molecule has 108 valence electrons. The normalized spacial score (nSPS) is 10.2. The Morgan fingerprint density at radius 3 is 1.95 bits per heavy atom. The van der Waals surface area contributed by atoms with E-state index in [9.17, 15) is 9.59 Å². The second-order valence-electron chi connectivity index (χ2n) is 5.11. The molecule has 0 atom stereocenters. The topological polar surface area (TPSA) is 43.4 Å². The highest BCUT2D eigenvalue weighted by molar-refractivity contribution is 6.08. The highest BCUT2D eigenvalue weighted by Crippen LogP contribution is 2.12. The molecule has 0 aliphatic heterocycles. The molecule has 0 heterocycles. The highest BCUT2D eigenvalue weighted by atomic mass is 16.5. The zero-order valence-corrected chi connectivity index (χ0v) is 12.3. The van der Waals surface area contributed by atoms with E-state index < -0.39 is 0 Å². The molecule has 0 aromatic heterocycles. The molecule has 0 N–H and O–H groups in total. The number of Topliss-reactive ketones (excluding diaryl/α,β-unsaturated/α-hetero) is 2. The van der Waals surface area contributed by atoms with E-state index in [1.807, 2.05) is 50.2 Å². The van der Waals surface area contributed by atoms with Crippen molar-refractivity contribution in [2.24, 2.45) is 0 Å². The summed E-state index contributed by atoms with van der Waals surface area (Å²) in [6, 6.07) is 14.7. The van der Waals surface area contributed by atoms with Gasteiger partial charge in [0.2, 0.25) is 0 Å². The van der Waals surface area contributed by atoms with Crippen molar-refractivity contribution in [1.82, 2.24) is 0 Å². The van der Waals surface area contributed by atoms with Crippen molar-refractivity contribution in [1.29, 1.82) is 0 Å². The van der Waals surface area contributed by atoms with Crippen molar-refractivity contribution in [2.45, 2.75) is 20.3 Å². The van der Waals surface area contributed by atoms with Crippen molar-refractivity contribution < 1.29 is 14.3 Å². The van der Waals surface area contributed by atoms with E-state index in [-0.39, 0.29) is 24.6 Å². The lowest BCUT2D eigenvalue weighted by Gasteiger charge is -2.06. The van der Waals surface area contributed by atoms with Crippen LogP contribution in [-0.4, -0.2) is 18.2 Å². The second kappa shape index (κ2) is 6.84. The summed E-state index contributed by atoms with van der Waals surface area (Å²) in [5, 5.41) is 0. The van der Waals surface area contributed by atoms with Crippen LogP contribution in [0.2, 0.25) is 0 Å². The Morgan fingerprint density at radius 1 is 0.857 bits per heavy atom. The molecule has 21 heavy (non-hydrogen) atoms. The number of ether oxygens (including phenoxy) is 1. The van der Waals surface area contributed by atoms with Gasteiger partial charge in [0.25, 0.3) is 0 Å². The number of hydrogen-bond acceptors (Lipinski definition) is 3. The van der Waals surface area contributed by atoms with E-state index in [4.69, 9.17) is 4.74 Å². The average Bonchev–Trinajstić information content (AvgIpc) is 2.47. The summed E-state index contributed by atoms with van der Waals surface area (Å²) in [5.74, 6) is 0.241. The van der Waals surface area contributed by atoms with Gasteiger partial charge in [-0.1, -0.05) is 47.5 Å². The van der Waals surface area contributed by atoms with Crippen molar-refractivity contribution in [3.05, 3.63) is 65.2 Å². The van der Waals surface area contributed by atoms with Gasteiger partial charge in [0.1, 0.15) is 12.4 Å². The molecule has 0 aliphatic rings. The molecule has 0 radical (unpaired) electrons. The Kier molecular flexibility index (Phi) is 4.88. The van der Waals surface area contributed by atoms with Crippen molar-refractivity contribution in [2.75, 3.05) is 6.61 Å². The Morgan fingerprint density at radius 2 is 1.38 bits per heavy atom. The van der Waals surface area contributed by atoms with Crippen LogP contribution in [-0.2, 0) is 4.79 Å². The first-order chi connectivity index (χ1) is 10.0. The Balaban J connectivity index is 1.85. The minimum absolute atomic E-state index is 0.0827. The van der Waals surface area contributed by atoms with E-state index in [0.717, 1.165) is 11.1 Å². The lowest BCUT2D eigenvalue weighted by molar-refractivity contribution is -0.120. The fourth-order valence-electron chi connectivity index (χ4n) is 1.87. The van der Waals surface area contributed by atoms with Crippen LogP contribution in [0.5, 0.6) is 5.75 Å². The number of aryl methyl sites for hydroxylation is 2. The molecule has 0 amide bonds. The number of carbonyl (C=O) groups is 2. The molecule has 0 bridgehead atoms. The lowest BCUT2D eigenvalue weighted by Crippen LogP contribution is -2.15. The number of rotatable bonds is 6. The fraction of sp³-hybridized carbons (Fsp3) is 0.222. The zero-order valence-electron chi connectivity index (χ0n) is 12.3. The third kappa shape index (κ3) is 4.56. The van der Waals surface area contributed by atoms with E-state index in [0.29, 0.717) is 11.3 Å². The standard InChI is InChI=1S/C18H18O3/c1-13-3-7-15(8-4-13)18(20)11-16(19)12-21-17-9-5-14(2)6-10-17/h3-10H,11-12H2,1-2H3. The van der Waals surface area contributed by atoms with Gasteiger partial charge in [0.05, 0.1) is 6.42 Å². The number of benzene rings is 2. The summed E-state index contributed by atoms with van der Waals surface area (Å²) < 4.78 is 5.38. The molecule has 2 aromatic rings. The van der Waals surface area contributed by atoms with Crippen LogP contribution >= 0.6 is 0 Å². The average molecular weight is 282 g/mol. The molecule has 2 rings (SSSR count). The van der Waals surface area contributed by atoms with Crippen molar-refractivity contribution in [3.63, 3.8) is 0 Å². The first kappa shape index (κ1) is 15.0. The Bertz CT molecular complexity index is 625. The summed E-state index contributed by atoms with van der Waals surface area (Å²) in [6.45, 7) is 3.85. The van der Waals surface area contributed by atoms with E-state index in [1.54, 1.807) is 12.1 Å². The monoisotopic (exact) mass is 282 g/mol. The molecule has 3 nitrogen and oxygen atoms in total. The van der Waals surface area contributed by atoms with Crippen LogP contribution in [0.25, 0.3) is 0 Å². The molecular formula is C18H18O3. The second-order valence-corrected chi connectivity index (χ2v) is 5.11. The molecule has 0 saturated heterocycles. The smallest absolute Gasteiger partial charge is 0.177 e. The maximum atomic E-state index is 11.9. The van der Waals surface area contributed by atoms with Gasteiger partial charge < -0.3 is 4.74 Å².